The number of halogens is 1. The molecule has 0 amide bonds. The summed E-state index contributed by atoms with van der Waals surface area (Å²) in [6.07, 6.45) is 4.82. The fraction of sp³-hybridized carbons (Fsp3) is 0.643. The second-order valence-corrected chi connectivity index (χ2v) is 6.62. The van der Waals surface area contributed by atoms with E-state index in [0.717, 1.165) is 49.7 Å². The number of β-amino-alcohol motifs (C(OH)–C–C–N with tert-alkyl or cyclic N) is 1. The van der Waals surface area contributed by atoms with Crippen LogP contribution in [-0.4, -0.2) is 46.8 Å². The fourth-order valence-electron chi connectivity index (χ4n) is 3.90. The van der Waals surface area contributed by atoms with Crippen molar-refractivity contribution in [1.82, 2.24) is 9.88 Å². The topological polar surface area (TPSA) is 48.4 Å². The molecule has 1 aliphatic carbocycles. The summed E-state index contributed by atoms with van der Waals surface area (Å²) in [6.45, 7) is 2.85. The van der Waals surface area contributed by atoms with E-state index in [0.29, 0.717) is 6.04 Å². The van der Waals surface area contributed by atoms with E-state index in [9.17, 15) is 5.11 Å². The van der Waals surface area contributed by atoms with E-state index in [1.165, 1.54) is 5.56 Å². The Kier molecular flexibility index (Phi) is 2.56. The van der Waals surface area contributed by atoms with Crippen LogP contribution in [0, 0.1) is 0 Å². The van der Waals surface area contributed by atoms with Gasteiger partial charge in [-0.05, 0) is 25.3 Å². The lowest BCUT2D eigenvalue weighted by atomic mass is 9.62. The third-order valence-electron chi connectivity index (χ3n) is 4.98. The first-order chi connectivity index (χ1) is 9.16. The van der Waals surface area contributed by atoms with Gasteiger partial charge in [0.1, 0.15) is 5.82 Å². The minimum Gasteiger partial charge on any atom is -0.392 e. The lowest BCUT2D eigenvalue weighted by Crippen LogP contribution is -2.53. The summed E-state index contributed by atoms with van der Waals surface area (Å²) in [7, 11) is 0. The van der Waals surface area contributed by atoms with Crippen molar-refractivity contribution in [3.05, 3.63) is 22.8 Å². The largest absolute Gasteiger partial charge is 0.392 e. The summed E-state index contributed by atoms with van der Waals surface area (Å²) >= 11 is 6.08. The van der Waals surface area contributed by atoms with Crippen LogP contribution in [0.1, 0.15) is 24.8 Å². The molecular weight excluding hydrogens is 262 g/mol. The van der Waals surface area contributed by atoms with Crippen molar-refractivity contribution in [3.8, 4) is 0 Å². The molecule has 4 rings (SSSR count). The van der Waals surface area contributed by atoms with Gasteiger partial charge in [0.2, 0.25) is 0 Å². The number of aliphatic hydroxyl groups is 1. The maximum atomic E-state index is 9.64. The number of likely N-dealkylation sites (tertiary alicyclic amines) is 1. The van der Waals surface area contributed by atoms with Crippen molar-refractivity contribution >= 4 is 17.4 Å². The van der Waals surface area contributed by atoms with Gasteiger partial charge in [0.05, 0.1) is 11.1 Å². The Balaban J connectivity index is 1.53. The Labute approximate surface area is 117 Å². The van der Waals surface area contributed by atoms with Gasteiger partial charge in [-0.15, -0.1) is 0 Å². The molecule has 3 aliphatic rings. The molecule has 1 saturated heterocycles. The van der Waals surface area contributed by atoms with Gasteiger partial charge in [0, 0.05) is 42.9 Å². The Morgan fingerprint density at radius 2 is 2.32 bits per heavy atom. The van der Waals surface area contributed by atoms with Gasteiger partial charge in [0.25, 0.3) is 0 Å². The minimum atomic E-state index is -0.123. The van der Waals surface area contributed by atoms with E-state index in [4.69, 9.17) is 11.6 Å². The second-order valence-electron chi connectivity index (χ2n) is 6.18. The molecule has 2 aliphatic heterocycles. The molecule has 1 saturated carbocycles. The number of nitrogens with zero attached hydrogens (tertiary/aromatic N) is 2. The van der Waals surface area contributed by atoms with Gasteiger partial charge in [-0.25, -0.2) is 4.98 Å². The number of aliphatic hydroxyl groups excluding tert-OH is 1. The molecular formula is C14H18ClN3O. The summed E-state index contributed by atoms with van der Waals surface area (Å²) < 4.78 is 0. The molecule has 2 N–H and O–H groups in total. The zero-order valence-corrected chi connectivity index (χ0v) is 11.5. The van der Waals surface area contributed by atoms with Crippen molar-refractivity contribution in [2.45, 2.75) is 36.8 Å². The smallest absolute Gasteiger partial charge is 0.129 e. The third-order valence-corrected chi connectivity index (χ3v) is 5.19. The van der Waals surface area contributed by atoms with Gasteiger partial charge < -0.3 is 10.4 Å². The Morgan fingerprint density at radius 3 is 3.05 bits per heavy atom. The van der Waals surface area contributed by atoms with Crippen molar-refractivity contribution in [2.75, 3.05) is 25.0 Å². The first-order valence-electron chi connectivity index (χ1n) is 6.98. The Bertz CT molecular complexity index is 515. The third kappa shape index (κ3) is 1.77. The van der Waals surface area contributed by atoms with Crippen LogP contribution in [0.5, 0.6) is 0 Å². The number of anilines is 1. The van der Waals surface area contributed by atoms with E-state index in [1.54, 1.807) is 6.20 Å². The fourth-order valence-corrected chi connectivity index (χ4v) is 4.05. The van der Waals surface area contributed by atoms with Crippen LogP contribution in [0.15, 0.2) is 12.3 Å². The molecule has 5 heteroatoms. The van der Waals surface area contributed by atoms with Crippen LogP contribution in [0.25, 0.3) is 0 Å². The highest BCUT2D eigenvalue weighted by atomic mass is 35.5. The number of fused-ring (bicyclic) bond motifs is 2. The molecule has 3 heterocycles. The maximum Gasteiger partial charge on any atom is 0.129 e. The molecule has 4 nitrogen and oxygen atoms in total. The zero-order chi connectivity index (χ0) is 13.0. The molecule has 0 radical (unpaired) electrons. The summed E-state index contributed by atoms with van der Waals surface area (Å²) in [5, 5.41) is 13.8. The molecule has 1 atom stereocenters. The summed E-state index contributed by atoms with van der Waals surface area (Å²) in [5.41, 5.74) is 1.52. The average molecular weight is 280 g/mol. The molecule has 0 aromatic carbocycles. The molecule has 1 aromatic rings. The first-order valence-corrected chi connectivity index (χ1v) is 7.36. The van der Waals surface area contributed by atoms with Gasteiger partial charge >= 0.3 is 0 Å². The van der Waals surface area contributed by atoms with Crippen molar-refractivity contribution < 1.29 is 5.11 Å². The number of nitrogens with one attached hydrogen (secondary N) is 1. The predicted octanol–water partition coefficient (Wildman–Crippen LogP) is 1.63. The molecule has 19 heavy (non-hydrogen) atoms. The van der Waals surface area contributed by atoms with Gasteiger partial charge in [-0.1, -0.05) is 11.6 Å². The number of rotatable bonds is 1. The average Bonchev–Trinajstić information content (AvgIpc) is 2.90. The van der Waals surface area contributed by atoms with Crippen LogP contribution >= 0.6 is 11.6 Å². The lowest BCUT2D eigenvalue weighted by Gasteiger charge is -2.49. The molecule has 2 fully saturated rings. The van der Waals surface area contributed by atoms with Crippen LogP contribution in [0.2, 0.25) is 5.02 Å². The monoisotopic (exact) mass is 279 g/mol. The first kappa shape index (κ1) is 11.9. The highest BCUT2D eigenvalue weighted by Gasteiger charge is 2.52. The maximum absolute atomic E-state index is 9.64. The number of aromatic nitrogens is 1. The SMILES string of the molecule is O[C@@H]1CCN(C2CC3(CNc4ncc(Cl)cc43)C2)C1. The van der Waals surface area contributed by atoms with Gasteiger partial charge in [0.15, 0.2) is 0 Å². The van der Waals surface area contributed by atoms with Crippen molar-refractivity contribution in [2.24, 2.45) is 0 Å². The van der Waals surface area contributed by atoms with Gasteiger partial charge in [-0.3, -0.25) is 4.90 Å². The van der Waals surface area contributed by atoms with Crippen LogP contribution in [-0.2, 0) is 5.41 Å². The number of hydrogen-bond donors (Lipinski definition) is 2. The van der Waals surface area contributed by atoms with Crippen LogP contribution < -0.4 is 5.32 Å². The van der Waals surface area contributed by atoms with Crippen LogP contribution in [0.4, 0.5) is 5.82 Å². The quantitative estimate of drug-likeness (QED) is 0.820. The molecule has 1 aromatic heterocycles. The molecule has 0 unspecified atom stereocenters. The van der Waals surface area contributed by atoms with Crippen molar-refractivity contribution in [3.63, 3.8) is 0 Å². The van der Waals surface area contributed by atoms with Crippen molar-refractivity contribution in [1.29, 1.82) is 0 Å². The predicted molar refractivity (Wildman–Crippen MR) is 74.6 cm³/mol. The number of pyridine rings is 1. The number of hydrogen-bond acceptors (Lipinski definition) is 4. The zero-order valence-electron chi connectivity index (χ0n) is 10.8. The van der Waals surface area contributed by atoms with E-state index >= 15 is 0 Å². The van der Waals surface area contributed by atoms with E-state index < -0.39 is 0 Å². The molecule has 0 bridgehead atoms. The van der Waals surface area contributed by atoms with E-state index in [2.05, 4.69) is 21.3 Å². The summed E-state index contributed by atoms with van der Waals surface area (Å²) in [5.74, 6) is 1.00. The standard InChI is InChI=1S/C14H18ClN3O/c15-9-3-12-13(16-6-9)17-8-14(12)4-10(5-14)18-2-1-11(19)7-18/h3,6,10-11,19H,1-2,4-5,7-8H2,(H,16,17)/t10?,11-,14?/m1/s1. The molecule has 1 spiro atoms. The molecule has 102 valence electrons. The normalized spacial score (nSPS) is 37.2. The van der Waals surface area contributed by atoms with E-state index in [1.807, 2.05) is 0 Å². The Morgan fingerprint density at radius 1 is 1.47 bits per heavy atom. The highest BCUT2D eigenvalue weighted by molar-refractivity contribution is 6.30. The van der Waals surface area contributed by atoms with Crippen LogP contribution in [0.3, 0.4) is 0 Å². The lowest BCUT2D eigenvalue weighted by molar-refractivity contribution is 0.0684. The van der Waals surface area contributed by atoms with Gasteiger partial charge in [-0.2, -0.15) is 0 Å². The summed E-state index contributed by atoms with van der Waals surface area (Å²) in [6, 6.07) is 2.68. The van der Waals surface area contributed by atoms with E-state index in [-0.39, 0.29) is 11.5 Å². The second kappa shape index (κ2) is 4.08. The summed E-state index contributed by atoms with van der Waals surface area (Å²) in [4.78, 5) is 6.81. The minimum absolute atomic E-state index is 0.123. The Hall–Kier alpha value is -0.840. The highest BCUT2D eigenvalue weighted by Crippen LogP contribution is 2.52.